The monoisotopic (exact) mass is 289 g/mol. The smallest absolute Gasteiger partial charge is 0.320 e. The Morgan fingerprint density at radius 2 is 2.11 bits per heavy atom. The van der Waals surface area contributed by atoms with Crippen molar-refractivity contribution in [2.45, 2.75) is 13.5 Å². The van der Waals surface area contributed by atoms with Gasteiger partial charge >= 0.3 is 5.97 Å². The summed E-state index contributed by atoms with van der Waals surface area (Å²) in [6.07, 6.45) is 0. The molecule has 0 saturated heterocycles. The van der Waals surface area contributed by atoms with Crippen LogP contribution in [0.4, 0.5) is 5.69 Å². The van der Waals surface area contributed by atoms with Crippen LogP contribution < -0.4 is 9.46 Å². The van der Waals surface area contributed by atoms with Crippen molar-refractivity contribution < 1.29 is 28.2 Å². The number of aliphatic carboxylic acids is 1. The lowest BCUT2D eigenvalue weighted by Gasteiger charge is -2.11. The Morgan fingerprint density at radius 3 is 2.63 bits per heavy atom. The molecule has 0 radical (unpaired) electrons. The number of carboxylic acids is 1. The summed E-state index contributed by atoms with van der Waals surface area (Å²) in [7, 11) is -3.96. The Bertz CT molecular complexity index is 554. The standard InChI is InChI=1S/C11H15NO6S/c1-2-18-10-4-3-9(5-8(10)6-13)12-19(16,17)7-11(14)15/h3-5,12-13H,2,6-7H2,1H3,(H,14,15). The van der Waals surface area contributed by atoms with Crippen LogP contribution in [-0.4, -0.2) is 37.0 Å². The fourth-order valence-corrected chi connectivity index (χ4v) is 2.32. The highest BCUT2D eigenvalue weighted by molar-refractivity contribution is 7.93. The van der Waals surface area contributed by atoms with Crippen molar-refractivity contribution in [3.63, 3.8) is 0 Å². The molecule has 0 spiro atoms. The number of hydrogen-bond acceptors (Lipinski definition) is 5. The third-order valence-corrected chi connectivity index (χ3v) is 3.29. The highest BCUT2D eigenvalue weighted by Crippen LogP contribution is 2.23. The quantitative estimate of drug-likeness (QED) is 0.670. The van der Waals surface area contributed by atoms with Crippen molar-refractivity contribution in [1.82, 2.24) is 0 Å². The molecule has 3 N–H and O–H groups in total. The molecular weight excluding hydrogens is 274 g/mol. The minimum atomic E-state index is -3.96. The number of hydrogen-bond donors (Lipinski definition) is 3. The molecule has 0 aliphatic rings. The molecule has 0 fully saturated rings. The van der Waals surface area contributed by atoms with Gasteiger partial charge in [-0.05, 0) is 25.1 Å². The van der Waals surface area contributed by atoms with Gasteiger partial charge in [0.1, 0.15) is 5.75 Å². The van der Waals surface area contributed by atoms with Gasteiger partial charge in [-0.2, -0.15) is 0 Å². The zero-order valence-corrected chi connectivity index (χ0v) is 11.1. The molecule has 1 aromatic rings. The molecule has 0 heterocycles. The Kier molecular flexibility index (Phi) is 5.13. The van der Waals surface area contributed by atoms with Crippen molar-refractivity contribution >= 4 is 21.7 Å². The van der Waals surface area contributed by atoms with Gasteiger partial charge in [0.2, 0.25) is 10.0 Å². The van der Waals surface area contributed by atoms with Crippen LogP contribution >= 0.6 is 0 Å². The van der Waals surface area contributed by atoms with Gasteiger partial charge in [-0.3, -0.25) is 9.52 Å². The van der Waals surface area contributed by atoms with Crippen LogP contribution in [0, 0.1) is 0 Å². The number of carboxylic acid groups (broad SMARTS) is 1. The van der Waals surface area contributed by atoms with Gasteiger partial charge in [-0.25, -0.2) is 8.42 Å². The first kappa shape index (κ1) is 15.3. The van der Waals surface area contributed by atoms with Crippen LogP contribution in [0.1, 0.15) is 12.5 Å². The van der Waals surface area contributed by atoms with Crippen LogP contribution in [0.25, 0.3) is 0 Å². The summed E-state index contributed by atoms with van der Waals surface area (Å²) < 4.78 is 30.2. The largest absolute Gasteiger partial charge is 0.494 e. The zero-order valence-electron chi connectivity index (χ0n) is 10.3. The number of aliphatic hydroxyl groups excluding tert-OH is 1. The number of ether oxygens (including phenoxy) is 1. The molecule has 0 aromatic heterocycles. The van der Waals surface area contributed by atoms with Crippen molar-refractivity contribution in [3.05, 3.63) is 23.8 Å². The van der Waals surface area contributed by atoms with Crippen LogP contribution in [-0.2, 0) is 21.4 Å². The maximum absolute atomic E-state index is 11.4. The maximum atomic E-state index is 11.4. The van der Waals surface area contributed by atoms with E-state index < -0.39 is 21.7 Å². The fraction of sp³-hybridized carbons (Fsp3) is 0.364. The molecule has 1 aromatic carbocycles. The summed E-state index contributed by atoms with van der Waals surface area (Å²) in [6, 6.07) is 4.33. The van der Waals surface area contributed by atoms with Crippen molar-refractivity contribution in [2.24, 2.45) is 0 Å². The normalized spacial score (nSPS) is 11.1. The molecule has 0 saturated carbocycles. The molecule has 0 unspecified atom stereocenters. The van der Waals surface area contributed by atoms with E-state index in [4.69, 9.17) is 14.9 Å². The first-order chi connectivity index (χ1) is 8.88. The number of carbonyl (C=O) groups is 1. The molecule has 0 aliphatic carbocycles. The summed E-state index contributed by atoms with van der Waals surface area (Å²) >= 11 is 0. The highest BCUT2D eigenvalue weighted by Gasteiger charge is 2.16. The molecule has 8 heteroatoms. The van der Waals surface area contributed by atoms with E-state index in [0.29, 0.717) is 17.9 Å². The molecular formula is C11H15NO6S. The van der Waals surface area contributed by atoms with Crippen molar-refractivity contribution in [1.29, 1.82) is 0 Å². The molecule has 19 heavy (non-hydrogen) atoms. The van der Waals surface area contributed by atoms with Crippen LogP contribution in [0.15, 0.2) is 18.2 Å². The highest BCUT2D eigenvalue weighted by atomic mass is 32.2. The van der Waals surface area contributed by atoms with Gasteiger partial charge < -0.3 is 14.9 Å². The lowest BCUT2D eigenvalue weighted by Crippen LogP contribution is -2.22. The van der Waals surface area contributed by atoms with E-state index in [2.05, 4.69) is 4.72 Å². The molecule has 7 nitrogen and oxygen atoms in total. The minimum absolute atomic E-state index is 0.175. The fourth-order valence-electron chi connectivity index (χ4n) is 1.44. The molecule has 106 valence electrons. The van der Waals surface area contributed by atoms with Crippen LogP contribution in [0.2, 0.25) is 0 Å². The predicted octanol–water partition coefficient (Wildman–Crippen LogP) is 0.404. The number of sulfonamides is 1. The van der Waals surface area contributed by atoms with E-state index in [1.54, 1.807) is 6.92 Å². The Labute approximate surface area is 110 Å². The predicted molar refractivity (Wildman–Crippen MR) is 68.6 cm³/mol. The van der Waals surface area contributed by atoms with Gasteiger partial charge in [0.05, 0.1) is 13.2 Å². The number of nitrogens with one attached hydrogen (secondary N) is 1. The maximum Gasteiger partial charge on any atom is 0.320 e. The topological polar surface area (TPSA) is 113 Å². The average molecular weight is 289 g/mol. The summed E-state index contributed by atoms with van der Waals surface area (Å²) in [4.78, 5) is 10.4. The second-order valence-electron chi connectivity index (χ2n) is 3.67. The Hall–Kier alpha value is -1.80. The second kappa shape index (κ2) is 6.39. The molecule has 0 amide bonds. The van der Waals surface area contributed by atoms with Gasteiger partial charge in [-0.15, -0.1) is 0 Å². The van der Waals surface area contributed by atoms with E-state index in [0.717, 1.165) is 0 Å². The van der Waals surface area contributed by atoms with E-state index in [1.165, 1.54) is 18.2 Å². The Balaban J connectivity index is 2.94. The van der Waals surface area contributed by atoms with Gasteiger partial charge in [0.25, 0.3) is 0 Å². The lowest BCUT2D eigenvalue weighted by molar-refractivity contribution is -0.134. The van der Waals surface area contributed by atoms with Crippen LogP contribution in [0.5, 0.6) is 5.75 Å². The summed E-state index contributed by atoms with van der Waals surface area (Å²) in [6.45, 7) is 1.88. The van der Waals surface area contributed by atoms with Crippen LogP contribution in [0.3, 0.4) is 0 Å². The van der Waals surface area contributed by atoms with E-state index >= 15 is 0 Å². The lowest BCUT2D eigenvalue weighted by atomic mass is 10.2. The third kappa shape index (κ3) is 4.76. The molecule has 0 bridgehead atoms. The minimum Gasteiger partial charge on any atom is -0.494 e. The molecule has 1 rings (SSSR count). The summed E-state index contributed by atoms with van der Waals surface area (Å²) in [5.41, 5.74) is 0.589. The average Bonchev–Trinajstić information content (AvgIpc) is 2.29. The third-order valence-electron chi connectivity index (χ3n) is 2.12. The Morgan fingerprint density at radius 1 is 1.42 bits per heavy atom. The first-order valence-corrected chi connectivity index (χ1v) is 7.12. The van der Waals surface area contributed by atoms with E-state index in [9.17, 15) is 13.2 Å². The SMILES string of the molecule is CCOc1ccc(NS(=O)(=O)CC(=O)O)cc1CO. The van der Waals surface area contributed by atoms with Gasteiger partial charge in [0.15, 0.2) is 5.75 Å². The number of anilines is 1. The van der Waals surface area contributed by atoms with Crippen molar-refractivity contribution in [2.75, 3.05) is 17.1 Å². The zero-order chi connectivity index (χ0) is 14.5. The molecule has 0 atom stereocenters. The second-order valence-corrected chi connectivity index (χ2v) is 5.39. The molecule has 0 aliphatic heterocycles. The number of rotatable bonds is 7. The van der Waals surface area contributed by atoms with Gasteiger partial charge in [-0.1, -0.05) is 0 Å². The van der Waals surface area contributed by atoms with E-state index in [1.807, 2.05) is 0 Å². The summed E-state index contributed by atoms with van der Waals surface area (Å²) in [5.74, 6) is -2.01. The van der Waals surface area contributed by atoms with Gasteiger partial charge in [0, 0.05) is 11.3 Å². The number of aliphatic hydroxyl groups is 1. The first-order valence-electron chi connectivity index (χ1n) is 5.47. The number of benzene rings is 1. The van der Waals surface area contributed by atoms with E-state index in [-0.39, 0.29) is 12.3 Å². The van der Waals surface area contributed by atoms with Crippen molar-refractivity contribution in [3.8, 4) is 5.75 Å². The summed E-state index contributed by atoms with van der Waals surface area (Å²) in [5, 5.41) is 17.6.